The van der Waals surface area contributed by atoms with E-state index in [9.17, 15) is 13.2 Å². The number of sulfonamides is 1. The molecule has 2 aromatic rings. The lowest BCUT2D eigenvalue weighted by molar-refractivity contribution is 0.0759. The zero-order valence-corrected chi connectivity index (χ0v) is 16.4. The number of nitrogens with one attached hydrogen (secondary N) is 1. The van der Waals surface area contributed by atoms with Crippen LogP contribution in [0.15, 0.2) is 36.4 Å². The van der Waals surface area contributed by atoms with E-state index in [1.54, 1.807) is 6.07 Å². The summed E-state index contributed by atoms with van der Waals surface area (Å²) in [5.41, 5.74) is 5.22. The van der Waals surface area contributed by atoms with Crippen molar-refractivity contribution in [2.75, 3.05) is 17.5 Å². The molecule has 0 bridgehead atoms. The van der Waals surface area contributed by atoms with Crippen molar-refractivity contribution in [1.29, 1.82) is 0 Å². The van der Waals surface area contributed by atoms with E-state index in [1.165, 1.54) is 0 Å². The van der Waals surface area contributed by atoms with Crippen LogP contribution in [-0.2, 0) is 16.6 Å². The Labute approximate surface area is 155 Å². The summed E-state index contributed by atoms with van der Waals surface area (Å²) < 4.78 is 25.4. The van der Waals surface area contributed by atoms with Crippen molar-refractivity contribution in [3.8, 4) is 11.1 Å². The van der Waals surface area contributed by atoms with E-state index in [1.807, 2.05) is 42.2 Å². The van der Waals surface area contributed by atoms with E-state index in [0.717, 1.165) is 40.6 Å². The van der Waals surface area contributed by atoms with E-state index in [4.69, 9.17) is 0 Å². The molecule has 0 fully saturated rings. The first-order valence-corrected chi connectivity index (χ1v) is 10.5. The van der Waals surface area contributed by atoms with Gasteiger partial charge in [-0.25, -0.2) is 8.42 Å². The Bertz CT molecular complexity index is 965. The Kier molecular flexibility index (Phi) is 4.80. The summed E-state index contributed by atoms with van der Waals surface area (Å²) in [6.45, 7) is 7.54. The number of hydrogen-bond acceptors (Lipinski definition) is 3. The molecule has 2 aromatic carbocycles. The van der Waals surface area contributed by atoms with Gasteiger partial charge in [-0.2, -0.15) is 0 Å². The van der Waals surface area contributed by atoms with Crippen molar-refractivity contribution in [3.63, 3.8) is 0 Å². The Morgan fingerprint density at radius 2 is 1.88 bits per heavy atom. The Balaban J connectivity index is 1.97. The first-order chi connectivity index (χ1) is 12.1. The minimum absolute atomic E-state index is 0.102. The van der Waals surface area contributed by atoms with Crippen LogP contribution in [-0.4, -0.2) is 32.0 Å². The van der Waals surface area contributed by atoms with E-state index in [2.05, 4.69) is 18.6 Å². The molecule has 1 heterocycles. The number of amides is 1. The van der Waals surface area contributed by atoms with Crippen LogP contribution in [0.5, 0.6) is 0 Å². The summed E-state index contributed by atoms with van der Waals surface area (Å²) in [5, 5.41) is 0. The van der Waals surface area contributed by atoms with Gasteiger partial charge in [0, 0.05) is 24.3 Å². The van der Waals surface area contributed by atoms with Gasteiger partial charge in [0.1, 0.15) is 0 Å². The molecule has 0 saturated heterocycles. The van der Waals surface area contributed by atoms with Gasteiger partial charge in [-0.15, -0.1) is 0 Å². The molecule has 0 radical (unpaired) electrons. The average Bonchev–Trinajstić information content (AvgIpc) is 2.81. The van der Waals surface area contributed by atoms with Crippen molar-refractivity contribution in [2.24, 2.45) is 5.92 Å². The molecule has 5 nitrogen and oxygen atoms in total. The second kappa shape index (κ2) is 6.76. The normalized spacial score (nSPS) is 14.0. The minimum Gasteiger partial charge on any atom is -0.334 e. The van der Waals surface area contributed by atoms with E-state index in [-0.39, 0.29) is 5.91 Å². The van der Waals surface area contributed by atoms with Gasteiger partial charge < -0.3 is 4.90 Å². The third kappa shape index (κ3) is 3.90. The Hall–Kier alpha value is -2.34. The highest BCUT2D eigenvalue weighted by Gasteiger charge is 2.29. The molecule has 1 aliphatic rings. The average molecular weight is 372 g/mol. The maximum Gasteiger partial charge on any atom is 0.254 e. The molecule has 0 spiro atoms. The summed E-state index contributed by atoms with van der Waals surface area (Å²) in [7, 11) is -3.32. The van der Waals surface area contributed by atoms with Crippen molar-refractivity contribution in [2.45, 2.75) is 27.3 Å². The van der Waals surface area contributed by atoms with Crippen molar-refractivity contribution in [1.82, 2.24) is 4.90 Å². The minimum atomic E-state index is -3.32. The SMILES string of the molecule is Cc1cc(-c2cccc(NS(C)(=O)=O)c2)cc2c1C(=O)N(CC(C)C)C2. The quantitative estimate of drug-likeness (QED) is 0.871. The lowest BCUT2D eigenvalue weighted by atomic mass is 9.96. The van der Waals surface area contributed by atoms with E-state index >= 15 is 0 Å². The van der Waals surface area contributed by atoms with Crippen LogP contribution in [0.1, 0.15) is 35.3 Å². The summed E-state index contributed by atoms with van der Waals surface area (Å²) in [6.07, 6.45) is 1.13. The maximum absolute atomic E-state index is 12.7. The number of carbonyl (C=O) groups is 1. The Morgan fingerprint density at radius 1 is 1.15 bits per heavy atom. The predicted molar refractivity (Wildman–Crippen MR) is 105 cm³/mol. The molecule has 0 aliphatic carbocycles. The highest BCUT2D eigenvalue weighted by Crippen LogP contribution is 2.32. The number of anilines is 1. The van der Waals surface area contributed by atoms with Gasteiger partial charge in [-0.1, -0.05) is 32.0 Å². The Morgan fingerprint density at radius 3 is 2.54 bits per heavy atom. The third-order valence-electron chi connectivity index (χ3n) is 4.36. The number of hydrogen-bond donors (Lipinski definition) is 1. The van der Waals surface area contributed by atoms with Gasteiger partial charge in [0.15, 0.2) is 0 Å². The van der Waals surface area contributed by atoms with Crippen molar-refractivity contribution < 1.29 is 13.2 Å². The molecular weight excluding hydrogens is 348 g/mol. The molecular formula is C20H24N2O3S. The highest BCUT2D eigenvalue weighted by atomic mass is 32.2. The number of benzene rings is 2. The van der Waals surface area contributed by atoms with Crippen molar-refractivity contribution in [3.05, 3.63) is 53.1 Å². The molecule has 1 N–H and O–H groups in total. The van der Waals surface area contributed by atoms with E-state index < -0.39 is 10.0 Å². The molecule has 3 rings (SSSR count). The molecule has 1 aliphatic heterocycles. The fraction of sp³-hybridized carbons (Fsp3) is 0.350. The fourth-order valence-corrected chi connectivity index (χ4v) is 4.01. The number of carbonyl (C=O) groups excluding carboxylic acids is 1. The molecule has 26 heavy (non-hydrogen) atoms. The van der Waals surface area contributed by atoms with Crippen LogP contribution in [0.25, 0.3) is 11.1 Å². The summed E-state index contributed by atoms with van der Waals surface area (Å²) >= 11 is 0. The summed E-state index contributed by atoms with van der Waals surface area (Å²) in [5.74, 6) is 0.525. The van der Waals surface area contributed by atoms with Gasteiger partial charge >= 0.3 is 0 Å². The highest BCUT2D eigenvalue weighted by molar-refractivity contribution is 7.92. The first kappa shape index (κ1) is 18.5. The number of aryl methyl sites for hydroxylation is 1. The molecule has 0 atom stereocenters. The number of fused-ring (bicyclic) bond motifs is 1. The summed E-state index contributed by atoms with van der Waals surface area (Å²) in [4.78, 5) is 14.6. The number of nitrogens with zero attached hydrogens (tertiary/aromatic N) is 1. The van der Waals surface area contributed by atoms with Gasteiger partial charge in [0.25, 0.3) is 5.91 Å². The lowest BCUT2D eigenvalue weighted by Crippen LogP contribution is -2.28. The molecule has 1 amide bonds. The van der Waals surface area contributed by atoms with Crippen molar-refractivity contribution >= 4 is 21.6 Å². The maximum atomic E-state index is 12.7. The van der Waals surface area contributed by atoms with Gasteiger partial charge in [-0.05, 0) is 53.3 Å². The van der Waals surface area contributed by atoms with Gasteiger partial charge in [0.05, 0.1) is 6.26 Å². The van der Waals surface area contributed by atoms with Crippen LogP contribution in [0, 0.1) is 12.8 Å². The van der Waals surface area contributed by atoms with Crippen LogP contribution in [0.4, 0.5) is 5.69 Å². The molecule has 0 aromatic heterocycles. The van der Waals surface area contributed by atoms with Gasteiger partial charge in [0.2, 0.25) is 10.0 Å². The topological polar surface area (TPSA) is 66.5 Å². The van der Waals surface area contributed by atoms with Crippen LogP contribution < -0.4 is 4.72 Å². The predicted octanol–water partition coefficient (Wildman–Crippen LogP) is 3.65. The number of rotatable bonds is 5. The smallest absolute Gasteiger partial charge is 0.254 e. The van der Waals surface area contributed by atoms with Crippen LogP contribution >= 0.6 is 0 Å². The van der Waals surface area contributed by atoms with Crippen LogP contribution in [0.2, 0.25) is 0 Å². The molecule has 138 valence electrons. The van der Waals surface area contributed by atoms with Crippen LogP contribution in [0.3, 0.4) is 0 Å². The fourth-order valence-electron chi connectivity index (χ4n) is 3.46. The monoisotopic (exact) mass is 372 g/mol. The molecule has 0 saturated carbocycles. The lowest BCUT2D eigenvalue weighted by Gasteiger charge is -2.17. The zero-order chi connectivity index (χ0) is 19.1. The second-order valence-corrected chi connectivity index (χ2v) is 9.11. The summed E-state index contributed by atoms with van der Waals surface area (Å²) in [6, 6.07) is 11.3. The largest absolute Gasteiger partial charge is 0.334 e. The molecule has 6 heteroatoms. The first-order valence-electron chi connectivity index (χ1n) is 8.65. The zero-order valence-electron chi connectivity index (χ0n) is 15.5. The molecule has 0 unspecified atom stereocenters. The third-order valence-corrected chi connectivity index (χ3v) is 4.97. The second-order valence-electron chi connectivity index (χ2n) is 7.36. The van der Waals surface area contributed by atoms with Gasteiger partial charge in [-0.3, -0.25) is 9.52 Å². The van der Waals surface area contributed by atoms with E-state index in [0.29, 0.717) is 18.2 Å². The standard InChI is InChI=1S/C20H24N2O3S/c1-13(2)11-22-12-17-9-16(8-14(3)19(17)20(22)23)15-6-5-7-18(10-15)21-26(4,24)25/h5-10,13,21H,11-12H2,1-4H3.